The first-order valence-corrected chi connectivity index (χ1v) is 4.40. The van der Waals surface area contributed by atoms with Gasteiger partial charge >= 0.3 is 5.97 Å². The van der Waals surface area contributed by atoms with Crippen LogP contribution >= 0.6 is 0 Å². The smallest absolute Gasteiger partial charge is 0.302 e. The van der Waals surface area contributed by atoms with Gasteiger partial charge in [0.05, 0.1) is 0 Å². The highest BCUT2D eigenvalue weighted by molar-refractivity contribution is 5.66. The van der Waals surface area contributed by atoms with Crippen LogP contribution in [-0.2, 0) is 15.2 Å². The standard InChI is InChI=1S/C11H13FO2/c1-9(13)14-8-11(2,12)10-6-4-3-5-7-10/h3-7H,8H2,1-2H3/t11-/m1/s1. The van der Waals surface area contributed by atoms with E-state index in [-0.39, 0.29) is 6.61 Å². The number of esters is 1. The van der Waals surface area contributed by atoms with Crippen molar-refractivity contribution in [1.29, 1.82) is 0 Å². The highest BCUT2D eigenvalue weighted by Crippen LogP contribution is 2.25. The molecule has 0 spiro atoms. The summed E-state index contributed by atoms with van der Waals surface area (Å²) >= 11 is 0. The Morgan fingerprint density at radius 3 is 2.50 bits per heavy atom. The van der Waals surface area contributed by atoms with Crippen LogP contribution in [-0.4, -0.2) is 12.6 Å². The SMILES string of the molecule is CC(=O)OC[C@@](C)(F)c1ccccc1. The van der Waals surface area contributed by atoms with Gasteiger partial charge in [-0.25, -0.2) is 4.39 Å². The molecule has 0 saturated heterocycles. The molecule has 76 valence electrons. The highest BCUT2D eigenvalue weighted by Gasteiger charge is 2.26. The lowest BCUT2D eigenvalue weighted by Gasteiger charge is -2.19. The molecule has 14 heavy (non-hydrogen) atoms. The molecule has 0 heterocycles. The van der Waals surface area contributed by atoms with E-state index in [0.29, 0.717) is 5.56 Å². The maximum absolute atomic E-state index is 13.9. The zero-order valence-corrected chi connectivity index (χ0v) is 8.29. The van der Waals surface area contributed by atoms with Crippen molar-refractivity contribution < 1.29 is 13.9 Å². The molecular weight excluding hydrogens is 183 g/mol. The lowest BCUT2D eigenvalue weighted by molar-refractivity contribution is -0.145. The summed E-state index contributed by atoms with van der Waals surface area (Å²) in [6.45, 7) is 2.42. The van der Waals surface area contributed by atoms with E-state index in [1.54, 1.807) is 24.3 Å². The third kappa shape index (κ3) is 2.83. The third-order valence-electron chi connectivity index (χ3n) is 1.92. The molecule has 0 aliphatic carbocycles. The molecule has 3 heteroatoms. The molecule has 0 radical (unpaired) electrons. The zero-order chi connectivity index (χ0) is 10.6. The number of carbonyl (C=O) groups is 1. The van der Waals surface area contributed by atoms with Gasteiger partial charge in [-0.15, -0.1) is 0 Å². The van der Waals surface area contributed by atoms with Gasteiger partial charge < -0.3 is 4.74 Å². The lowest BCUT2D eigenvalue weighted by Crippen LogP contribution is -2.23. The van der Waals surface area contributed by atoms with E-state index in [2.05, 4.69) is 4.74 Å². The first-order valence-electron chi connectivity index (χ1n) is 4.40. The summed E-state index contributed by atoms with van der Waals surface area (Å²) in [5.41, 5.74) is -1.10. The van der Waals surface area contributed by atoms with Crippen molar-refractivity contribution in [2.75, 3.05) is 6.61 Å². The van der Waals surface area contributed by atoms with E-state index in [4.69, 9.17) is 0 Å². The first kappa shape index (κ1) is 10.7. The van der Waals surface area contributed by atoms with Gasteiger partial charge in [0.1, 0.15) is 6.61 Å². The second-order valence-corrected chi connectivity index (χ2v) is 3.34. The minimum Gasteiger partial charge on any atom is -0.462 e. The molecule has 2 nitrogen and oxygen atoms in total. The summed E-state index contributed by atoms with van der Waals surface area (Å²) in [5, 5.41) is 0. The molecule has 0 N–H and O–H groups in total. The van der Waals surface area contributed by atoms with Crippen LogP contribution in [0.2, 0.25) is 0 Å². The third-order valence-corrected chi connectivity index (χ3v) is 1.92. The average Bonchev–Trinajstić information content (AvgIpc) is 2.16. The normalized spacial score (nSPS) is 14.5. The second-order valence-electron chi connectivity index (χ2n) is 3.34. The summed E-state index contributed by atoms with van der Waals surface area (Å²) in [5.74, 6) is -0.468. The van der Waals surface area contributed by atoms with Crippen molar-refractivity contribution in [3.8, 4) is 0 Å². The van der Waals surface area contributed by atoms with Crippen LogP contribution in [0.4, 0.5) is 4.39 Å². The van der Waals surface area contributed by atoms with E-state index in [1.807, 2.05) is 6.07 Å². The molecule has 1 rings (SSSR count). The van der Waals surface area contributed by atoms with Gasteiger partial charge in [0.2, 0.25) is 0 Å². The van der Waals surface area contributed by atoms with E-state index < -0.39 is 11.6 Å². The summed E-state index contributed by atoms with van der Waals surface area (Å²) in [4.78, 5) is 10.5. The molecule has 0 fully saturated rings. The number of carbonyl (C=O) groups excluding carboxylic acids is 1. The average molecular weight is 196 g/mol. The molecule has 0 amide bonds. The number of halogens is 1. The maximum atomic E-state index is 13.9. The fraction of sp³-hybridized carbons (Fsp3) is 0.364. The molecule has 0 bridgehead atoms. The van der Waals surface area contributed by atoms with Crippen LogP contribution in [0.15, 0.2) is 30.3 Å². The predicted octanol–water partition coefficient (Wildman–Crippen LogP) is 2.43. The maximum Gasteiger partial charge on any atom is 0.302 e. The largest absolute Gasteiger partial charge is 0.462 e. The Bertz CT molecular complexity index is 306. The lowest BCUT2D eigenvalue weighted by atomic mass is 9.99. The molecule has 1 aromatic rings. The summed E-state index contributed by atoms with van der Waals surface area (Å²) in [7, 11) is 0. The van der Waals surface area contributed by atoms with Gasteiger partial charge in [0, 0.05) is 6.92 Å². The number of alkyl halides is 1. The van der Waals surface area contributed by atoms with Crippen LogP contribution in [0.1, 0.15) is 19.4 Å². The van der Waals surface area contributed by atoms with Gasteiger partial charge in [-0.05, 0) is 12.5 Å². The Labute approximate surface area is 82.7 Å². The van der Waals surface area contributed by atoms with Crippen LogP contribution in [0, 0.1) is 0 Å². The van der Waals surface area contributed by atoms with Gasteiger partial charge in [-0.3, -0.25) is 4.79 Å². The second kappa shape index (κ2) is 4.22. The van der Waals surface area contributed by atoms with E-state index >= 15 is 0 Å². The van der Waals surface area contributed by atoms with Crippen molar-refractivity contribution in [2.45, 2.75) is 19.5 Å². The zero-order valence-electron chi connectivity index (χ0n) is 8.29. The van der Waals surface area contributed by atoms with Crippen molar-refractivity contribution in [1.82, 2.24) is 0 Å². The van der Waals surface area contributed by atoms with E-state index in [1.165, 1.54) is 13.8 Å². The van der Waals surface area contributed by atoms with Crippen molar-refractivity contribution >= 4 is 5.97 Å². The summed E-state index contributed by atoms with van der Waals surface area (Å²) in [6.07, 6.45) is 0. The Kier molecular flexibility index (Phi) is 3.23. The Morgan fingerprint density at radius 2 is 2.00 bits per heavy atom. The van der Waals surface area contributed by atoms with Crippen LogP contribution < -0.4 is 0 Å². The Hall–Kier alpha value is -1.38. The van der Waals surface area contributed by atoms with Crippen molar-refractivity contribution in [3.63, 3.8) is 0 Å². The number of hydrogen-bond donors (Lipinski definition) is 0. The molecular formula is C11H13FO2. The molecule has 0 aromatic heterocycles. The molecule has 0 saturated carbocycles. The number of rotatable bonds is 3. The topological polar surface area (TPSA) is 26.3 Å². The van der Waals surface area contributed by atoms with Gasteiger partial charge in [-0.2, -0.15) is 0 Å². The van der Waals surface area contributed by atoms with Gasteiger partial charge in [0.15, 0.2) is 5.67 Å². The van der Waals surface area contributed by atoms with Crippen LogP contribution in [0.25, 0.3) is 0 Å². The summed E-state index contributed by atoms with van der Waals surface area (Å²) in [6, 6.07) is 8.65. The van der Waals surface area contributed by atoms with Crippen molar-refractivity contribution in [3.05, 3.63) is 35.9 Å². The first-order chi connectivity index (χ1) is 6.52. The minimum atomic E-state index is -1.62. The fourth-order valence-corrected chi connectivity index (χ4v) is 1.11. The Balaban J connectivity index is 2.70. The number of hydrogen-bond acceptors (Lipinski definition) is 2. The summed E-state index contributed by atoms with van der Waals surface area (Å²) < 4.78 is 18.6. The fourth-order valence-electron chi connectivity index (χ4n) is 1.11. The molecule has 1 atom stereocenters. The van der Waals surface area contributed by atoms with Crippen molar-refractivity contribution in [2.24, 2.45) is 0 Å². The Morgan fingerprint density at radius 1 is 1.43 bits per heavy atom. The minimum absolute atomic E-state index is 0.244. The predicted molar refractivity (Wildman–Crippen MR) is 51.5 cm³/mol. The van der Waals surface area contributed by atoms with E-state index in [0.717, 1.165) is 0 Å². The number of benzene rings is 1. The molecule has 0 aliphatic heterocycles. The van der Waals surface area contributed by atoms with E-state index in [9.17, 15) is 9.18 Å². The van der Waals surface area contributed by atoms with Crippen LogP contribution in [0.5, 0.6) is 0 Å². The molecule has 0 aliphatic rings. The quantitative estimate of drug-likeness (QED) is 0.694. The van der Waals surface area contributed by atoms with Gasteiger partial charge in [0.25, 0.3) is 0 Å². The molecule has 0 unspecified atom stereocenters. The highest BCUT2D eigenvalue weighted by atomic mass is 19.1. The van der Waals surface area contributed by atoms with Crippen LogP contribution in [0.3, 0.4) is 0 Å². The molecule has 1 aromatic carbocycles. The van der Waals surface area contributed by atoms with Gasteiger partial charge in [-0.1, -0.05) is 30.3 Å². The number of ether oxygens (including phenoxy) is 1. The monoisotopic (exact) mass is 196 g/mol.